The van der Waals surface area contributed by atoms with E-state index in [1.165, 1.54) is 12.1 Å². The van der Waals surface area contributed by atoms with Gasteiger partial charge < -0.3 is 5.32 Å². The first kappa shape index (κ1) is 14.5. The Hall–Kier alpha value is -3.13. The zero-order valence-corrected chi connectivity index (χ0v) is 12.8. The van der Waals surface area contributed by atoms with Crippen LogP contribution in [0.2, 0.25) is 0 Å². The molecule has 24 heavy (non-hydrogen) atoms. The molecule has 1 aromatic carbocycles. The minimum Gasteiger partial charge on any atom is -0.313 e. The van der Waals surface area contributed by atoms with E-state index in [-0.39, 0.29) is 5.82 Å². The summed E-state index contributed by atoms with van der Waals surface area (Å²) in [5.41, 5.74) is 3.30. The van der Waals surface area contributed by atoms with Gasteiger partial charge in [0.2, 0.25) is 0 Å². The van der Waals surface area contributed by atoms with Gasteiger partial charge in [-0.25, -0.2) is 14.4 Å². The van der Waals surface area contributed by atoms with Crippen LogP contribution in [-0.2, 0) is 6.54 Å². The van der Waals surface area contributed by atoms with Gasteiger partial charge >= 0.3 is 0 Å². The second-order valence-corrected chi connectivity index (χ2v) is 5.31. The number of benzene rings is 1. The molecule has 3 aromatic heterocycles. The van der Waals surface area contributed by atoms with Crippen LogP contribution in [0.25, 0.3) is 33.8 Å². The molecule has 3 N–H and O–H groups in total. The predicted molar refractivity (Wildman–Crippen MR) is 87.4 cm³/mol. The van der Waals surface area contributed by atoms with Gasteiger partial charge in [0.25, 0.3) is 0 Å². The van der Waals surface area contributed by atoms with E-state index in [2.05, 4.69) is 35.7 Å². The van der Waals surface area contributed by atoms with Crippen molar-refractivity contribution in [2.24, 2.45) is 0 Å². The van der Waals surface area contributed by atoms with Crippen molar-refractivity contribution in [3.8, 4) is 22.8 Å². The van der Waals surface area contributed by atoms with Crippen LogP contribution in [0.3, 0.4) is 0 Å². The molecule has 0 saturated heterocycles. The number of hydrogen-bond acceptors (Lipinski definition) is 5. The third kappa shape index (κ3) is 2.52. The van der Waals surface area contributed by atoms with Crippen LogP contribution in [0.15, 0.2) is 36.4 Å². The lowest BCUT2D eigenvalue weighted by Crippen LogP contribution is -2.06. The van der Waals surface area contributed by atoms with Crippen LogP contribution in [-0.4, -0.2) is 37.4 Å². The van der Waals surface area contributed by atoms with Crippen LogP contribution >= 0.6 is 0 Å². The maximum absolute atomic E-state index is 13.5. The zero-order chi connectivity index (χ0) is 16.5. The van der Waals surface area contributed by atoms with Crippen molar-refractivity contribution in [1.82, 2.24) is 35.7 Å². The summed E-state index contributed by atoms with van der Waals surface area (Å²) in [6, 6.07) is 9.96. The zero-order valence-electron chi connectivity index (χ0n) is 12.8. The summed E-state index contributed by atoms with van der Waals surface area (Å²) in [6.45, 7) is 0.593. The van der Waals surface area contributed by atoms with E-state index in [0.717, 1.165) is 11.3 Å². The highest BCUT2D eigenvalue weighted by Crippen LogP contribution is 2.27. The third-order valence-corrected chi connectivity index (χ3v) is 3.61. The third-order valence-electron chi connectivity index (χ3n) is 3.61. The first-order valence-corrected chi connectivity index (χ1v) is 7.42. The second kappa shape index (κ2) is 5.82. The molecule has 0 bridgehead atoms. The number of pyridine rings is 1. The maximum atomic E-state index is 13.5. The molecule has 0 unspecified atom stereocenters. The molecule has 0 aliphatic heterocycles. The lowest BCUT2D eigenvalue weighted by molar-refractivity contribution is 0.628. The van der Waals surface area contributed by atoms with Crippen LogP contribution in [0.5, 0.6) is 0 Å². The Morgan fingerprint density at radius 1 is 1.08 bits per heavy atom. The molecule has 3 heterocycles. The Labute approximate surface area is 136 Å². The molecule has 0 aliphatic rings. The van der Waals surface area contributed by atoms with Gasteiger partial charge in [-0.05, 0) is 31.3 Å². The fourth-order valence-corrected chi connectivity index (χ4v) is 2.52. The number of fused-ring (bicyclic) bond motifs is 1. The lowest BCUT2D eigenvalue weighted by Gasteiger charge is -1.99. The van der Waals surface area contributed by atoms with E-state index >= 15 is 0 Å². The summed E-state index contributed by atoms with van der Waals surface area (Å²) in [4.78, 5) is 9.00. The monoisotopic (exact) mass is 323 g/mol. The fourth-order valence-electron chi connectivity index (χ4n) is 2.52. The number of aromatic nitrogens is 6. The van der Waals surface area contributed by atoms with Crippen LogP contribution in [0.1, 0.15) is 5.82 Å². The molecule has 7 nitrogen and oxygen atoms in total. The highest BCUT2D eigenvalue weighted by molar-refractivity contribution is 5.90. The summed E-state index contributed by atoms with van der Waals surface area (Å²) in [6.07, 6.45) is 0. The van der Waals surface area contributed by atoms with Crippen molar-refractivity contribution in [1.29, 1.82) is 0 Å². The number of aromatic amines is 2. The molecule has 0 aliphatic carbocycles. The smallest absolute Gasteiger partial charge is 0.199 e. The Bertz CT molecular complexity index is 1000. The molecule has 0 fully saturated rings. The Morgan fingerprint density at radius 2 is 2.00 bits per heavy atom. The Morgan fingerprint density at radius 3 is 2.83 bits per heavy atom. The van der Waals surface area contributed by atoms with Gasteiger partial charge in [-0.15, -0.1) is 0 Å². The molecule has 4 rings (SSSR count). The average Bonchev–Trinajstić information content (AvgIpc) is 3.21. The summed E-state index contributed by atoms with van der Waals surface area (Å²) in [7, 11) is 1.84. The Kier molecular flexibility index (Phi) is 3.51. The molecule has 0 saturated carbocycles. The average molecular weight is 323 g/mol. The molecular formula is C16H14FN7. The van der Waals surface area contributed by atoms with Crippen molar-refractivity contribution in [3.05, 3.63) is 48.0 Å². The summed E-state index contributed by atoms with van der Waals surface area (Å²) < 4.78 is 13.5. The van der Waals surface area contributed by atoms with Gasteiger partial charge in [0.05, 0.1) is 12.1 Å². The molecule has 4 aromatic rings. The van der Waals surface area contributed by atoms with E-state index in [1.807, 2.05) is 19.2 Å². The number of nitrogens with zero attached hydrogens (tertiary/aromatic N) is 4. The molecule has 0 atom stereocenters. The van der Waals surface area contributed by atoms with Gasteiger partial charge in [0, 0.05) is 5.56 Å². The molecule has 8 heteroatoms. The minimum atomic E-state index is -0.314. The van der Waals surface area contributed by atoms with Crippen LogP contribution < -0.4 is 5.32 Å². The number of nitrogens with one attached hydrogen (secondary N) is 3. The van der Waals surface area contributed by atoms with E-state index < -0.39 is 0 Å². The quantitative estimate of drug-likeness (QED) is 0.535. The van der Waals surface area contributed by atoms with Crippen molar-refractivity contribution in [2.45, 2.75) is 6.54 Å². The number of hydrogen-bond donors (Lipinski definition) is 3. The van der Waals surface area contributed by atoms with Crippen LogP contribution in [0.4, 0.5) is 4.39 Å². The summed E-state index contributed by atoms with van der Waals surface area (Å²) in [5, 5.41) is 17.2. The van der Waals surface area contributed by atoms with Gasteiger partial charge in [0.15, 0.2) is 5.82 Å². The lowest BCUT2D eigenvalue weighted by atomic mass is 10.1. The molecule has 0 amide bonds. The SMILES string of the molecule is CNCc1nc(-c2ccc3[nH]nc(-c4cccc(F)c4)c3n2)n[nH]1. The summed E-state index contributed by atoms with van der Waals surface area (Å²) >= 11 is 0. The largest absolute Gasteiger partial charge is 0.313 e. The first-order chi connectivity index (χ1) is 11.7. The van der Waals surface area contributed by atoms with Crippen LogP contribution in [0, 0.1) is 5.82 Å². The van der Waals surface area contributed by atoms with Crippen molar-refractivity contribution >= 4 is 11.0 Å². The standard InChI is InChI=1S/C16H14FN7/c1-18-8-13-20-16(24-22-13)12-6-5-11-15(19-12)14(23-21-11)9-3-2-4-10(17)7-9/h2-7,18H,8H2,1H3,(H,21,23)(H,20,22,24). The fraction of sp³-hybridized carbons (Fsp3) is 0.125. The van der Waals surface area contributed by atoms with E-state index in [0.29, 0.717) is 34.8 Å². The van der Waals surface area contributed by atoms with Gasteiger partial charge in [-0.2, -0.15) is 10.2 Å². The van der Waals surface area contributed by atoms with Crippen molar-refractivity contribution in [2.75, 3.05) is 7.05 Å². The molecule has 0 radical (unpaired) electrons. The number of H-pyrrole nitrogens is 2. The molecular weight excluding hydrogens is 309 g/mol. The highest BCUT2D eigenvalue weighted by atomic mass is 19.1. The van der Waals surface area contributed by atoms with E-state index in [1.54, 1.807) is 12.1 Å². The highest BCUT2D eigenvalue weighted by Gasteiger charge is 2.13. The number of rotatable bonds is 4. The molecule has 120 valence electrons. The normalized spacial score (nSPS) is 11.2. The maximum Gasteiger partial charge on any atom is 0.199 e. The minimum absolute atomic E-state index is 0.314. The second-order valence-electron chi connectivity index (χ2n) is 5.31. The Balaban J connectivity index is 1.80. The van der Waals surface area contributed by atoms with Gasteiger partial charge in [-0.3, -0.25) is 10.2 Å². The van der Waals surface area contributed by atoms with E-state index in [4.69, 9.17) is 0 Å². The topological polar surface area (TPSA) is 95.2 Å². The number of halogens is 1. The van der Waals surface area contributed by atoms with E-state index in [9.17, 15) is 4.39 Å². The molecule has 0 spiro atoms. The first-order valence-electron chi connectivity index (χ1n) is 7.42. The van der Waals surface area contributed by atoms with Gasteiger partial charge in [0.1, 0.15) is 28.5 Å². The van der Waals surface area contributed by atoms with Gasteiger partial charge in [-0.1, -0.05) is 12.1 Å². The van der Waals surface area contributed by atoms with Crippen molar-refractivity contribution < 1.29 is 4.39 Å². The predicted octanol–water partition coefficient (Wildman–Crippen LogP) is 2.27. The summed E-state index contributed by atoms with van der Waals surface area (Å²) in [5.74, 6) is 0.922. The van der Waals surface area contributed by atoms with Crippen molar-refractivity contribution in [3.63, 3.8) is 0 Å².